The van der Waals surface area contributed by atoms with Gasteiger partial charge in [0.15, 0.2) is 0 Å². The molecule has 2 rings (SSSR count). The molecule has 2 heterocycles. The number of fused-ring (bicyclic) bond motifs is 1. The highest BCUT2D eigenvalue weighted by atomic mass is 32.2. The number of likely N-dealkylation sites (tertiary alicyclic amines) is 1. The second-order valence-corrected chi connectivity index (χ2v) is 5.22. The summed E-state index contributed by atoms with van der Waals surface area (Å²) >= 11 is 2.11. The van der Waals surface area contributed by atoms with Crippen molar-refractivity contribution in [3.63, 3.8) is 0 Å². The van der Waals surface area contributed by atoms with E-state index >= 15 is 0 Å². The van der Waals surface area contributed by atoms with Crippen LogP contribution in [0.15, 0.2) is 0 Å². The summed E-state index contributed by atoms with van der Waals surface area (Å²) in [6.07, 6.45) is 1.76. The second-order valence-electron chi connectivity index (χ2n) is 4.07. The third-order valence-electron chi connectivity index (χ3n) is 3.19. The van der Waals surface area contributed by atoms with E-state index in [0.717, 1.165) is 18.4 Å². The molecule has 0 radical (unpaired) electrons. The van der Waals surface area contributed by atoms with E-state index in [1.807, 2.05) is 0 Å². The summed E-state index contributed by atoms with van der Waals surface area (Å²) in [5.74, 6) is 4.38. The number of hydrogen-bond acceptors (Lipinski definition) is 3. The summed E-state index contributed by atoms with van der Waals surface area (Å²) in [5.41, 5.74) is 0. The van der Waals surface area contributed by atoms with Crippen molar-refractivity contribution in [2.45, 2.75) is 19.6 Å². The molecule has 0 aromatic heterocycles. The minimum absolute atomic E-state index is 0.413. The molecule has 0 amide bonds. The predicted molar refractivity (Wildman–Crippen MR) is 57.0 cm³/mol. The van der Waals surface area contributed by atoms with Gasteiger partial charge in [-0.05, 0) is 37.8 Å². The van der Waals surface area contributed by atoms with Crippen LogP contribution in [-0.2, 0) is 4.74 Å². The van der Waals surface area contributed by atoms with Crippen LogP contribution in [0.25, 0.3) is 0 Å². The summed E-state index contributed by atoms with van der Waals surface area (Å²) in [4.78, 5) is 2.39. The maximum Gasteiger partial charge on any atom is 0.113 e. The van der Waals surface area contributed by atoms with Gasteiger partial charge in [-0.15, -0.1) is 0 Å². The average molecular weight is 201 g/mol. The Hall–Kier alpha value is 0.270. The minimum atomic E-state index is 0.413. The molecule has 2 fully saturated rings. The number of rotatable bonds is 2. The Bertz CT molecular complexity index is 174. The zero-order valence-electron chi connectivity index (χ0n) is 8.53. The highest BCUT2D eigenvalue weighted by Crippen LogP contribution is 2.38. The Kier molecular flexibility index (Phi) is 3.17. The standard InChI is InChI=1S/C10H19NOS/c1-3-12-10-9-4-5-13-7-8(9)6-11(10)2/h8-10H,3-7H2,1-2H3. The van der Waals surface area contributed by atoms with E-state index in [1.54, 1.807) is 0 Å². The van der Waals surface area contributed by atoms with E-state index < -0.39 is 0 Å². The van der Waals surface area contributed by atoms with Crippen molar-refractivity contribution in [3.8, 4) is 0 Å². The van der Waals surface area contributed by atoms with Crippen LogP contribution in [0, 0.1) is 11.8 Å². The van der Waals surface area contributed by atoms with E-state index in [4.69, 9.17) is 4.74 Å². The number of thioether (sulfide) groups is 1. The summed E-state index contributed by atoms with van der Waals surface area (Å²) in [5, 5.41) is 0. The van der Waals surface area contributed by atoms with Crippen LogP contribution in [0.5, 0.6) is 0 Å². The fourth-order valence-corrected chi connectivity index (χ4v) is 3.86. The van der Waals surface area contributed by atoms with Gasteiger partial charge >= 0.3 is 0 Å². The highest BCUT2D eigenvalue weighted by molar-refractivity contribution is 7.99. The van der Waals surface area contributed by atoms with Gasteiger partial charge in [-0.25, -0.2) is 0 Å². The van der Waals surface area contributed by atoms with E-state index in [2.05, 4.69) is 30.6 Å². The fraction of sp³-hybridized carbons (Fsp3) is 1.00. The third-order valence-corrected chi connectivity index (χ3v) is 4.38. The van der Waals surface area contributed by atoms with Gasteiger partial charge in [-0.2, -0.15) is 11.8 Å². The Balaban J connectivity index is 2.00. The van der Waals surface area contributed by atoms with Crippen LogP contribution in [0.4, 0.5) is 0 Å². The Morgan fingerprint density at radius 1 is 1.54 bits per heavy atom. The first-order valence-electron chi connectivity index (χ1n) is 5.22. The van der Waals surface area contributed by atoms with Crippen LogP contribution in [0.2, 0.25) is 0 Å². The molecule has 2 aliphatic rings. The molecule has 0 bridgehead atoms. The maximum atomic E-state index is 5.80. The summed E-state index contributed by atoms with van der Waals surface area (Å²) in [6.45, 7) is 4.19. The molecule has 3 atom stereocenters. The lowest BCUT2D eigenvalue weighted by Crippen LogP contribution is -2.33. The van der Waals surface area contributed by atoms with Crippen molar-refractivity contribution < 1.29 is 4.74 Å². The van der Waals surface area contributed by atoms with Crippen molar-refractivity contribution >= 4 is 11.8 Å². The maximum absolute atomic E-state index is 5.80. The smallest absolute Gasteiger partial charge is 0.113 e. The molecule has 3 unspecified atom stereocenters. The summed E-state index contributed by atoms with van der Waals surface area (Å²) in [7, 11) is 2.20. The monoisotopic (exact) mass is 201 g/mol. The summed E-state index contributed by atoms with van der Waals surface area (Å²) in [6, 6.07) is 0. The minimum Gasteiger partial charge on any atom is -0.363 e. The fourth-order valence-electron chi connectivity index (χ4n) is 2.60. The van der Waals surface area contributed by atoms with Crippen molar-refractivity contribution in [2.75, 3.05) is 31.7 Å². The molecule has 0 saturated carbocycles. The first-order chi connectivity index (χ1) is 6.33. The number of hydrogen-bond donors (Lipinski definition) is 0. The second kappa shape index (κ2) is 4.20. The van der Waals surface area contributed by atoms with E-state index in [-0.39, 0.29) is 0 Å². The predicted octanol–water partition coefficient (Wildman–Crippen LogP) is 1.66. The van der Waals surface area contributed by atoms with Gasteiger partial charge in [0, 0.05) is 19.1 Å². The van der Waals surface area contributed by atoms with Crippen molar-refractivity contribution in [1.82, 2.24) is 4.90 Å². The SMILES string of the molecule is CCOC1C2CCSCC2CN1C. The first kappa shape index (κ1) is 9.81. The number of ether oxygens (including phenoxy) is 1. The molecule has 2 saturated heterocycles. The van der Waals surface area contributed by atoms with Crippen LogP contribution >= 0.6 is 11.8 Å². The molecule has 0 spiro atoms. The Morgan fingerprint density at radius 2 is 2.38 bits per heavy atom. The molecule has 3 heteroatoms. The lowest BCUT2D eigenvalue weighted by atomic mass is 9.93. The molecule has 0 aromatic rings. The zero-order valence-corrected chi connectivity index (χ0v) is 9.35. The van der Waals surface area contributed by atoms with Gasteiger partial charge in [0.25, 0.3) is 0 Å². The van der Waals surface area contributed by atoms with Gasteiger partial charge in [0.05, 0.1) is 0 Å². The van der Waals surface area contributed by atoms with E-state index in [1.165, 1.54) is 24.5 Å². The Labute approximate surface area is 85.0 Å². The first-order valence-corrected chi connectivity index (χ1v) is 6.38. The topological polar surface area (TPSA) is 12.5 Å². The van der Waals surface area contributed by atoms with Crippen LogP contribution in [0.1, 0.15) is 13.3 Å². The largest absolute Gasteiger partial charge is 0.363 e. The normalized spacial score (nSPS) is 40.6. The van der Waals surface area contributed by atoms with Gasteiger partial charge in [-0.3, -0.25) is 4.90 Å². The van der Waals surface area contributed by atoms with Gasteiger partial charge in [0.2, 0.25) is 0 Å². The lowest BCUT2D eigenvalue weighted by Gasteiger charge is -2.28. The molecule has 2 nitrogen and oxygen atoms in total. The van der Waals surface area contributed by atoms with Crippen molar-refractivity contribution in [1.29, 1.82) is 0 Å². The highest BCUT2D eigenvalue weighted by Gasteiger charge is 2.41. The van der Waals surface area contributed by atoms with Crippen LogP contribution in [-0.4, -0.2) is 42.8 Å². The van der Waals surface area contributed by atoms with E-state index in [9.17, 15) is 0 Å². The number of nitrogens with zero attached hydrogens (tertiary/aromatic N) is 1. The Morgan fingerprint density at radius 3 is 3.15 bits per heavy atom. The molecular formula is C10H19NOS. The molecule has 13 heavy (non-hydrogen) atoms. The molecule has 0 aromatic carbocycles. The van der Waals surface area contributed by atoms with Crippen LogP contribution in [0.3, 0.4) is 0 Å². The van der Waals surface area contributed by atoms with Gasteiger partial charge < -0.3 is 4.74 Å². The van der Waals surface area contributed by atoms with Gasteiger partial charge in [-0.1, -0.05) is 0 Å². The summed E-state index contributed by atoms with van der Waals surface area (Å²) < 4.78 is 5.80. The average Bonchev–Trinajstić information content (AvgIpc) is 2.44. The van der Waals surface area contributed by atoms with Crippen molar-refractivity contribution in [3.05, 3.63) is 0 Å². The zero-order chi connectivity index (χ0) is 9.26. The van der Waals surface area contributed by atoms with E-state index in [0.29, 0.717) is 6.23 Å². The van der Waals surface area contributed by atoms with Crippen molar-refractivity contribution in [2.24, 2.45) is 11.8 Å². The quantitative estimate of drug-likeness (QED) is 0.674. The third kappa shape index (κ3) is 1.88. The van der Waals surface area contributed by atoms with Crippen LogP contribution < -0.4 is 0 Å². The molecule has 0 N–H and O–H groups in total. The molecule has 2 aliphatic heterocycles. The molecule has 0 aliphatic carbocycles. The molecule has 76 valence electrons. The van der Waals surface area contributed by atoms with Gasteiger partial charge in [0.1, 0.15) is 6.23 Å². The lowest BCUT2D eigenvalue weighted by molar-refractivity contribution is -0.0458. The molecular weight excluding hydrogens is 182 g/mol.